The minimum Gasteiger partial charge on any atom is -0.138 e. The molecule has 2 rings (SSSR count). The van der Waals surface area contributed by atoms with E-state index in [9.17, 15) is 0 Å². The molecule has 74 valence electrons. The molecule has 2 heteroatoms. The van der Waals surface area contributed by atoms with Crippen molar-refractivity contribution in [2.24, 2.45) is 0 Å². The average Bonchev–Trinajstić information content (AvgIpc) is 2.56. The topological polar surface area (TPSA) is 0 Å². The number of fused-ring (bicyclic) bond motifs is 1. The van der Waals surface area contributed by atoms with Gasteiger partial charge in [0.2, 0.25) is 0 Å². The van der Waals surface area contributed by atoms with Gasteiger partial charge in [0.1, 0.15) is 0 Å². The molecule has 2 aromatic rings. The van der Waals surface area contributed by atoms with Crippen LogP contribution in [-0.4, -0.2) is 0 Å². The van der Waals surface area contributed by atoms with Gasteiger partial charge in [0, 0.05) is 15.0 Å². The van der Waals surface area contributed by atoms with Gasteiger partial charge in [-0.2, -0.15) is 0 Å². The highest BCUT2D eigenvalue weighted by Crippen LogP contribution is 2.40. The summed E-state index contributed by atoms with van der Waals surface area (Å²) in [5.74, 6) is 0.569. The summed E-state index contributed by atoms with van der Waals surface area (Å²) in [6.45, 7) is 4.43. The highest BCUT2D eigenvalue weighted by molar-refractivity contribution is 7.19. The van der Waals surface area contributed by atoms with Crippen LogP contribution in [0.3, 0.4) is 0 Å². The van der Waals surface area contributed by atoms with Gasteiger partial charge in [-0.25, -0.2) is 0 Å². The van der Waals surface area contributed by atoms with E-state index in [0.29, 0.717) is 5.92 Å². The molecule has 0 radical (unpaired) electrons. The summed E-state index contributed by atoms with van der Waals surface area (Å²) in [4.78, 5) is 1.33. The predicted molar refractivity (Wildman–Crippen MR) is 65.5 cm³/mol. The molecule has 0 aliphatic rings. The molecule has 1 heterocycles. The molecule has 0 fully saturated rings. The largest absolute Gasteiger partial charge is 0.138 e. The van der Waals surface area contributed by atoms with Gasteiger partial charge < -0.3 is 0 Å². The van der Waals surface area contributed by atoms with E-state index in [2.05, 4.69) is 32.0 Å². The monoisotopic (exact) mass is 224 g/mol. The van der Waals surface area contributed by atoms with E-state index >= 15 is 0 Å². The lowest BCUT2D eigenvalue weighted by Crippen LogP contribution is -1.86. The van der Waals surface area contributed by atoms with Crippen molar-refractivity contribution < 1.29 is 0 Å². The SMILES string of the molecule is CCC(C)c1sc2ccccc2c1Cl. The fraction of sp³-hybridized carbons (Fsp3) is 0.333. The molecule has 0 saturated carbocycles. The van der Waals surface area contributed by atoms with Gasteiger partial charge in [-0.05, 0) is 18.4 Å². The highest BCUT2D eigenvalue weighted by atomic mass is 35.5. The lowest BCUT2D eigenvalue weighted by molar-refractivity contribution is 0.748. The predicted octanol–water partition coefficient (Wildman–Crippen LogP) is 5.07. The fourth-order valence-corrected chi connectivity index (χ4v) is 3.29. The molecule has 1 aromatic carbocycles. The minimum absolute atomic E-state index is 0.569. The second-order valence-corrected chi connectivity index (χ2v) is 5.05. The van der Waals surface area contributed by atoms with Crippen LogP contribution in [0.5, 0.6) is 0 Å². The van der Waals surface area contributed by atoms with Crippen molar-refractivity contribution in [3.05, 3.63) is 34.2 Å². The zero-order valence-electron chi connectivity index (χ0n) is 8.38. The van der Waals surface area contributed by atoms with E-state index < -0.39 is 0 Å². The third-order valence-electron chi connectivity index (χ3n) is 2.62. The standard InChI is InChI=1S/C12H13ClS/c1-3-8(2)12-11(13)9-6-4-5-7-10(9)14-12/h4-8H,3H2,1-2H3. The summed E-state index contributed by atoms with van der Waals surface area (Å²) in [5.41, 5.74) is 0. The second kappa shape index (κ2) is 3.92. The molecule has 0 aliphatic carbocycles. The molecule has 0 aliphatic heterocycles. The number of hydrogen-bond donors (Lipinski definition) is 0. The fourth-order valence-electron chi connectivity index (χ4n) is 1.54. The van der Waals surface area contributed by atoms with Crippen LogP contribution < -0.4 is 0 Å². The van der Waals surface area contributed by atoms with Crippen LogP contribution in [0.25, 0.3) is 10.1 Å². The van der Waals surface area contributed by atoms with Crippen molar-refractivity contribution in [3.8, 4) is 0 Å². The van der Waals surface area contributed by atoms with E-state index in [1.165, 1.54) is 15.0 Å². The van der Waals surface area contributed by atoms with Gasteiger partial charge in [0.05, 0.1) is 5.02 Å². The molecule has 1 atom stereocenters. The van der Waals surface area contributed by atoms with E-state index in [1.54, 1.807) is 0 Å². The first-order valence-electron chi connectivity index (χ1n) is 4.91. The first kappa shape index (κ1) is 10.0. The Labute approximate surface area is 93.5 Å². The summed E-state index contributed by atoms with van der Waals surface area (Å²) in [7, 11) is 0. The highest BCUT2D eigenvalue weighted by Gasteiger charge is 2.13. The number of rotatable bonds is 2. The molecular formula is C12H13ClS. The molecule has 0 spiro atoms. The van der Waals surface area contributed by atoms with Crippen molar-refractivity contribution in [3.63, 3.8) is 0 Å². The number of halogens is 1. The molecule has 1 aromatic heterocycles. The quantitative estimate of drug-likeness (QED) is 0.668. The Morgan fingerprint density at radius 2 is 2.07 bits per heavy atom. The Balaban J connectivity index is 2.62. The molecule has 0 N–H and O–H groups in total. The van der Waals surface area contributed by atoms with Crippen LogP contribution in [0, 0.1) is 0 Å². The summed E-state index contributed by atoms with van der Waals surface area (Å²) in [5, 5.41) is 2.16. The van der Waals surface area contributed by atoms with E-state index in [-0.39, 0.29) is 0 Å². The Morgan fingerprint density at radius 1 is 1.36 bits per heavy atom. The number of thiophene rings is 1. The maximum absolute atomic E-state index is 6.34. The van der Waals surface area contributed by atoms with Crippen LogP contribution in [0.2, 0.25) is 5.02 Å². The first-order chi connectivity index (χ1) is 6.74. The molecule has 0 bridgehead atoms. The minimum atomic E-state index is 0.569. The maximum atomic E-state index is 6.34. The first-order valence-corrected chi connectivity index (χ1v) is 6.10. The smallest absolute Gasteiger partial charge is 0.0626 e. The lowest BCUT2D eigenvalue weighted by Gasteiger charge is -2.04. The molecule has 0 nitrogen and oxygen atoms in total. The third-order valence-corrected chi connectivity index (χ3v) is 4.54. The van der Waals surface area contributed by atoms with Gasteiger partial charge >= 0.3 is 0 Å². The van der Waals surface area contributed by atoms with Gasteiger partial charge in [0.15, 0.2) is 0 Å². The molecule has 1 unspecified atom stereocenters. The van der Waals surface area contributed by atoms with Crippen molar-refractivity contribution in [1.82, 2.24) is 0 Å². The summed E-state index contributed by atoms with van der Waals surface area (Å²) >= 11 is 8.17. The van der Waals surface area contributed by atoms with Gasteiger partial charge in [0.25, 0.3) is 0 Å². The number of benzene rings is 1. The average molecular weight is 225 g/mol. The molecular weight excluding hydrogens is 212 g/mol. The van der Waals surface area contributed by atoms with E-state index in [1.807, 2.05) is 17.4 Å². The lowest BCUT2D eigenvalue weighted by atomic mass is 10.1. The number of hydrogen-bond acceptors (Lipinski definition) is 1. The maximum Gasteiger partial charge on any atom is 0.0626 e. The van der Waals surface area contributed by atoms with Crippen LogP contribution in [0.15, 0.2) is 24.3 Å². The Kier molecular flexibility index (Phi) is 2.80. The molecule has 14 heavy (non-hydrogen) atoms. The van der Waals surface area contributed by atoms with Crippen LogP contribution in [0.1, 0.15) is 31.1 Å². The zero-order valence-corrected chi connectivity index (χ0v) is 9.95. The normalized spacial score (nSPS) is 13.4. The van der Waals surface area contributed by atoms with Crippen molar-refractivity contribution >= 4 is 33.0 Å². The molecule has 0 saturated heterocycles. The Bertz CT molecular complexity index is 445. The molecule has 0 amide bonds. The van der Waals surface area contributed by atoms with E-state index in [4.69, 9.17) is 11.6 Å². The summed E-state index contributed by atoms with van der Waals surface area (Å²) in [6, 6.07) is 8.34. The second-order valence-electron chi connectivity index (χ2n) is 3.59. The Hall–Kier alpha value is -0.530. The zero-order chi connectivity index (χ0) is 10.1. The van der Waals surface area contributed by atoms with Crippen molar-refractivity contribution in [2.75, 3.05) is 0 Å². The van der Waals surface area contributed by atoms with Crippen LogP contribution in [-0.2, 0) is 0 Å². The van der Waals surface area contributed by atoms with Crippen molar-refractivity contribution in [1.29, 1.82) is 0 Å². The Morgan fingerprint density at radius 3 is 2.71 bits per heavy atom. The van der Waals surface area contributed by atoms with Gasteiger partial charge in [-0.3, -0.25) is 0 Å². The van der Waals surface area contributed by atoms with Crippen LogP contribution in [0.4, 0.5) is 0 Å². The van der Waals surface area contributed by atoms with Crippen molar-refractivity contribution in [2.45, 2.75) is 26.2 Å². The third kappa shape index (κ3) is 1.55. The van der Waals surface area contributed by atoms with E-state index in [0.717, 1.165) is 11.4 Å². The van der Waals surface area contributed by atoms with Gasteiger partial charge in [-0.15, -0.1) is 11.3 Å². The van der Waals surface area contributed by atoms with Crippen LogP contribution >= 0.6 is 22.9 Å². The summed E-state index contributed by atoms with van der Waals surface area (Å²) < 4.78 is 1.30. The summed E-state index contributed by atoms with van der Waals surface area (Å²) in [6.07, 6.45) is 1.15. The van der Waals surface area contributed by atoms with Gasteiger partial charge in [-0.1, -0.05) is 43.6 Å².